The van der Waals surface area contributed by atoms with Gasteiger partial charge in [-0.15, -0.1) is 0 Å². The highest BCUT2D eigenvalue weighted by Crippen LogP contribution is 2.57. The number of alkyl carbamates (subject to hydrolysis) is 1. The second-order valence-corrected chi connectivity index (χ2v) is 8.98. The summed E-state index contributed by atoms with van der Waals surface area (Å²) in [5, 5.41) is 3.22. The van der Waals surface area contributed by atoms with E-state index >= 15 is 0 Å². The Morgan fingerprint density at radius 2 is 1.55 bits per heavy atom. The highest BCUT2D eigenvalue weighted by Gasteiger charge is 2.38. The lowest BCUT2D eigenvalue weighted by Crippen LogP contribution is -2.32. The fraction of sp³-hybridized carbons (Fsp3) is 0.136. The lowest BCUT2D eigenvalue weighted by molar-refractivity contribution is 0.138. The number of hydrogen-bond donors (Lipinski definition) is 2. The fourth-order valence-corrected chi connectivity index (χ4v) is 5.06. The summed E-state index contributed by atoms with van der Waals surface area (Å²) in [6.07, 6.45) is -0.691. The highest BCUT2D eigenvalue weighted by molar-refractivity contribution is 7.67. The Kier molecular flexibility index (Phi) is 6.70. The van der Waals surface area contributed by atoms with Crippen molar-refractivity contribution < 1.29 is 18.6 Å². The van der Waals surface area contributed by atoms with E-state index in [4.69, 9.17) is 15.0 Å². The lowest BCUT2D eigenvalue weighted by Gasteiger charge is -2.27. The molecule has 2 unspecified atom stereocenters. The van der Waals surface area contributed by atoms with Crippen LogP contribution in [-0.2, 0) is 20.4 Å². The summed E-state index contributed by atoms with van der Waals surface area (Å²) >= 11 is 0. The van der Waals surface area contributed by atoms with Gasteiger partial charge in [0.25, 0.3) is 7.37 Å². The fourth-order valence-electron chi connectivity index (χ4n) is 2.91. The molecule has 6 nitrogen and oxygen atoms in total. The molecule has 1 amide bonds. The van der Waals surface area contributed by atoms with Gasteiger partial charge in [-0.2, -0.15) is 0 Å². The predicted molar refractivity (Wildman–Crippen MR) is 114 cm³/mol. The zero-order chi connectivity index (χ0) is 20.7. The van der Waals surface area contributed by atoms with Crippen molar-refractivity contribution in [2.24, 2.45) is 0 Å². The van der Waals surface area contributed by atoms with Crippen LogP contribution in [0, 0.1) is 0 Å². The summed E-state index contributed by atoms with van der Waals surface area (Å²) in [4.78, 5) is 12.5. The maximum Gasteiger partial charge on any atom is 0.408 e. The van der Waals surface area contributed by atoms with Crippen LogP contribution in [0.4, 0.5) is 10.5 Å². The number of carbonyl (C=O) groups excluding carboxylic acids is 1. The van der Waals surface area contributed by atoms with Gasteiger partial charge in [-0.1, -0.05) is 60.7 Å². The Labute approximate surface area is 170 Å². The third-order valence-electron chi connectivity index (χ3n) is 4.45. The molecule has 3 aromatic rings. The normalized spacial score (nSPS) is 13.8. The van der Waals surface area contributed by atoms with Gasteiger partial charge in [0.1, 0.15) is 12.4 Å². The van der Waals surface area contributed by atoms with E-state index < -0.39 is 19.2 Å². The minimum absolute atomic E-state index is 0.101. The molecule has 0 heterocycles. The molecular weight excluding hydrogens is 387 g/mol. The summed E-state index contributed by atoms with van der Waals surface area (Å²) in [5.74, 6) is -0.932. The number of hydrogen-bond acceptors (Lipinski definition) is 5. The molecule has 3 N–H and O–H groups in total. The van der Waals surface area contributed by atoms with E-state index in [0.29, 0.717) is 16.6 Å². The van der Waals surface area contributed by atoms with Crippen molar-refractivity contribution in [3.63, 3.8) is 0 Å². The zero-order valence-corrected chi connectivity index (χ0v) is 16.9. The molecule has 7 heteroatoms. The second-order valence-electron chi connectivity index (χ2n) is 6.39. The Morgan fingerprint density at radius 1 is 0.966 bits per heavy atom. The van der Waals surface area contributed by atoms with Gasteiger partial charge in [0.15, 0.2) is 0 Å². The average molecular weight is 410 g/mol. The number of rotatable bonds is 7. The molecule has 0 radical (unpaired) electrons. The van der Waals surface area contributed by atoms with E-state index in [1.54, 1.807) is 48.5 Å². The topological polar surface area (TPSA) is 90.6 Å². The first kappa shape index (κ1) is 20.6. The molecular formula is C22H23N2O4P. The summed E-state index contributed by atoms with van der Waals surface area (Å²) in [6.45, 7) is 0.101. The monoisotopic (exact) mass is 410 g/mol. The van der Waals surface area contributed by atoms with E-state index in [1.165, 1.54) is 7.11 Å². The third-order valence-corrected chi connectivity index (χ3v) is 7.11. The van der Waals surface area contributed by atoms with Crippen LogP contribution >= 0.6 is 7.37 Å². The number of nitrogen functional groups attached to an aromatic ring is 1. The standard InChI is InChI=1S/C22H23N2O4P/c1-27-29(26,20-10-6-3-7-11-20)21(18-12-14-19(23)15-13-18)24-22(25)28-16-17-8-4-2-5-9-17/h2-15,21H,16,23H2,1H3,(H,24,25). The molecule has 0 fully saturated rings. The van der Waals surface area contributed by atoms with Gasteiger partial charge in [-0.05, 0) is 35.4 Å². The van der Waals surface area contributed by atoms with Crippen LogP contribution in [0.2, 0.25) is 0 Å². The van der Waals surface area contributed by atoms with Crippen LogP contribution in [0.15, 0.2) is 84.9 Å². The Morgan fingerprint density at radius 3 is 2.14 bits per heavy atom. The minimum Gasteiger partial charge on any atom is -0.445 e. The molecule has 3 rings (SSSR count). The Hall–Kier alpha value is -3.08. The maximum atomic E-state index is 13.9. The number of ether oxygens (including phenoxy) is 1. The van der Waals surface area contributed by atoms with Crippen LogP contribution < -0.4 is 16.4 Å². The van der Waals surface area contributed by atoms with Gasteiger partial charge in [0.05, 0.1) is 0 Å². The van der Waals surface area contributed by atoms with Crippen LogP contribution in [-0.4, -0.2) is 13.2 Å². The van der Waals surface area contributed by atoms with Crippen molar-refractivity contribution in [2.45, 2.75) is 12.4 Å². The molecule has 0 aliphatic rings. The van der Waals surface area contributed by atoms with E-state index in [0.717, 1.165) is 5.56 Å². The number of nitrogens with one attached hydrogen (secondary N) is 1. The summed E-state index contributed by atoms with van der Waals surface area (Å²) in [7, 11) is -2.13. The van der Waals surface area contributed by atoms with E-state index in [-0.39, 0.29) is 6.61 Å². The smallest absolute Gasteiger partial charge is 0.408 e. The largest absolute Gasteiger partial charge is 0.445 e. The molecule has 2 atom stereocenters. The number of amides is 1. The van der Waals surface area contributed by atoms with Gasteiger partial charge >= 0.3 is 6.09 Å². The van der Waals surface area contributed by atoms with Crippen molar-refractivity contribution >= 4 is 24.5 Å². The minimum atomic E-state index is -3.50. The second kappa shape index (κ2) is 9.41. The molecule has 0 saturated carbocycles. The van der Waals surface area contributed by atoms with Gasteiger partial charge in [0, 0.05) is 18.1 Å². The lowest BCUT2D eigenvalue weighted by atomic mass is 10.2. The van der Waals surface area contributed by atoms with Crippen molar-refractivity contribution in [1.29, 1.82) is 0 Å². The quantitative estimate of drug-likeness (QED) is 0.444. The summed E-state index contributed by atoms with van der Waals surface area (Å²) in [5.41, 5.74) is 7.80. The first-order valence-electron chi connectivity index (χ1n) is 9.06. The van der Waals surface area contributed by atoms with Gasteiger partial charge in [-0.3, -0.25) is 4.57 Å². The van der Waals surface area contributed by atoms with Crippen molar-refractivity contribution in [3.05, 3.63) is 96.1 Å². The predicted octanol–water partition coefficient (Wildman–Crippen LogP) is 4.44. The van der Waals surface area contributed by atoms with Crippen molar-refractivity contribution in [1.82, 2.24) is 5.32 Å². The molecule has 0 spiro atoms. The van der Waals surface area contributed by atoms with E-state index in [9.17, 15) is 9.36 Å². The van der Waals surface area contributed by atoms with Crippen LogP contribution in [0.25, 0.3) is 0 Å². The molecule has 0 bridgehead atoms. The van der Waals surface area contributed by atoms with Crippen LogP contribution in [0.5, 0.6) is 0 Å². The average Bonchev–Trinajstić information content (AvgIpc) is 2.77. The molecule has 0 aliphatic heterocycles. The van der Waals surface area contributed by atoms with E-state index in [1.807, 2.05) is 36.4 Å². The molecule has 0 saturated heterocycles. The first-order valence-corrected chi connectivity index (χ1v) is 10.8. The summed E-state index contributed by atoms with van der Waals surface area (Å²) in [6, 6.07) is 24.9. The van der Waals surface area contributed by atoms with Crippen molar-refractivity contribution in [3.8, 4) is 0 Å². The maximum absolute atomic E-state index is 13.9. The van der Waals surface area contributed by atoms with E-state index in [2.05, 4.69) is 5.32 Å². The number of nitrogens with two attached hydrogens (primary N) is 1. The summed E-state index contributed by atoms with van der Waals surface area (Å²) < 4.78 is 24.7. The SMILES string of the molecule is COP(=O)(c1ccccc1)C(NC(=O)OCc1ccccc1)c1ccc(N)cc1. The highest BCUT2D eigenvalue weighted by atomic mass is 31.2. The zero-order valence-electron chi connectivity index (χ0n) is 16.0. The molecule has 0 aromatic heterocycles. The first-order chi connectivity index (χ1) is 14.0. The number of carbonyl (C=O) groups is 1. The van der Waals surface area contributed by atoms with Gasteiger partial charge in [0.2, 0.25) is 0 Å². The Balaban J connectivity index is 1.88. The van der Waals surface area contributed by atoms with Gasteiger partial charge < -0.3 is 20.3 Å². The third kappa shape index (κ3) is 5.05. The Bertz CT molecular complexity index is 979. The number of benzene rings is 3. The molecule has 3 aromatic carbocycles. The molecule has 29 heavy (non-hydrogen) atoms. The number of anilines is 1. The molecule has 0 aliphatic carbocycles. The molecule has 150 valence electrons. The van der Waals surface area contributed by atoms with Gasteiger partial charge in [-0.25, -0.2) is 4.79 Å². The van der Waals surface area contributed by atoms with Crippen LogP contribution in [0.1, 0.15) is 16.9 Å². The van der Waals surface area contributed by atoms with Crippen LogP contribution in [0.3, 0.4) is 0 Å². The van der Waals surface area contributed by atoms with Crippen molar-refractivity contribution in [2.75, 3.05) is 12.8 Å².